The number of nitrogens with one attached hydrogen (secondary N) is 2. The van der Waals surface area contributed by atoms with Crippen LogP contribution in [-0.4, -0.2) is 19.0 Å². The smallest absolute Gasteiger partial charge is 0.251 e. The molecule has 0 saturated heterocycles. The fourth-order valence-corrected chi connectivity index (χ4v) is 3.54. The Bertz CT molecular complexity index is 643. The number of amides is 1. The molecule has 1 aliphatic carbocycles. The van der Waals surface area contributed by atoms with Crippen LogP contribution in [0.4, 0.5) is 0 Å². The number of hydrogen-bond donors (Lipinski definition) is 2. The first-order chi connectivity index (χ1) is 11.8. The van der Waals surface area contributed by atoms with E-state index >= 15 is 0 Å². The van der Waals surface area contributed by atoms with Gasteiger partial charge in [0.15, 0.2) is 0 Å². The van der Waals surface area contributed by atoms with Crippen molar-refractivity contribution < 1.29 is 4.79 Å². The molecule has 1 saturated carbocycles. The minimum atomic E-state index is -0.0336. The summed E-state index contributed by atoms with van der Waals surface area (Å²) in [7, 11) is 1.66. The van der Waals surface area contributed by atoms with Gasteiger partial charge >= 0.3 is 0 Å². The van der Waals surface area contributed by atoms with Crippen molar-refractivity contribution in [1.29, 1.82) is 0 Å². The van der Waals surface area contributed by atoms with Crippen molar-refractivity contribution in [3.63, 3.8) is 0 Å². The van der Waals surface area contributed by atoms with Gasteiger partial charge in [-0.05, 0) is 54.9 Å². The molecule has 0 spiro atoms. The number of carbonyl (C=O) groups excluding carboxylic acids is 1. The highest BCUT2D eigenvalue weighted by Gasteiger charge is 2.21. The van der Waals surface area contributed by atoms with Crippen molar-refractivity contribution in [2.45, 2.75) is 44.2 Å². The van der Waals surface area contributed by atoms with Gasteiger partial charge in [0.2, 0.25) is 0 Å². The maximum absolute atomic E-state index is 11.6. The first-order valence-corrected chi connectivity index (χ1v) is 8.85. The molecule has 126 valence electrons. The Morgan fingerprint density at radius 1 is 0.958 bits per heavy atom. The number of carbonyl (C=O) groups is 1. The minimum absolute atomic E-state index is 0.0336. The molecule has 1 aliphatic rings. The van der Waals surface area contributed by atoms with Gasteiger partial charge in [-0.15, -0.1) is 0 Å². The lowest BCUT2D eigenvalue weighted by atomic mass is 9.82. The molecular formula is C21H26N2O. The zero-order valence-corrected chi connectivity index (χ0v) is 14.3. The van der Waals surface area contributed by atoms with Crippen molar-refractivity contribution in [3.05, 3.63) is 71.3 Å². The van der Waals surface area contributed by atoms with Gasteiger partial charge in [-0.2, -0.15) is 0 Å². The second-order valence-electron chi connectivity index (χ2n) is 6.62. The lowest BCUT2D eigenvalue weighted by Crippen LogP contribution is -2.32. The fraction of sp³-hybridized carbons (Fsp3) is 0.381. The van der Waals surface area contributed by atoms with E-state index in [2.05, 4.69) is 41.0 Å². The molecule has 0 bridgehead atoms. The van der Waals surface area contributed by atoms with E-state index in [1.807, 2.05) is 24.3 Å². The van der Waals surface area contributed by atoms with E-state index in [1.165, 1.54) is 36.8 Å². The van der Waals surface area contributed by atoms with Gasteiger partial charge in [0.05, 0.1) is 0 Å². The van der Waals surface area contributed by atoms with Crippen LogP contribution in [0.5, 0.6) is 0 Å². The molecule has 0 radical (unpaired) electrons. The topological polar surface area (TPSA) is 41.1 Å². The molecule has 0 aromatic heterocycles. The van der Waals surface area contributed by atoms with Gasteiger partial charge in [-0.3, -0.25) is 4.79 Å². The molecule has 24 heavy (non-hydrogen) atoms. The second-order valence-corrected chi connectivity index (χ2v) is 6.62. The lowest BCUT2D eigenvalue weighted by Gasteiger charge is -2.29. The summed E-state index contributed by atoms with van der Waals surface area (Å²) in [6.07, 6.45) is 4.99. The molecule has 0 unspecified atom stereocenters. The van der Waals surface area contributed by atoms with Crippen LogP contribution in [0.25, 0.3) is 0 Å². The Morgan fingerprint density at radius 3 is 2.25 bits per heavy atom. The maximum Gasteiger partial charge on any atom is 0.251 e. The predicted octanol–water partition coefficient (Wildman–Crippen LogP) is 3.86. The molecule has 3 rings (SSSR count). The first-order valence-electron chi connectivity index (χ1n) is 8.85. The highest BCUT2D eigenvalue weighted by Crippen LogP contribution is 2.32. The molecule has 2 N–H and O–H groups in total. The summed E-state index contributed by atoms with van der Waals surface area (Å²) in [5.41, 5.74) is 3.43. The molecule has 2 aromatic rings. The average molecular weight is 322 g/mol. The minimum Gasteiger partial charge on any atom is -0.355 e. The van der Waals surface area contributed by atoms with Crippen LogP contribution in [0.2, 0.25) is 0 Å². The van der Waals surface area contributed by atoms with Gasteiger partial charge in [0.25, 0.3) is 5.91 Å². The fourth-order valence-electron chi connectivity index (χ4n) is 3.54. The number of benzene rings is 2. The van der Waals surface area contributed by atoms with Gasteiger partial charge in [-0.25, -0.2) is 0 Å². The van der Waals surface area contributed by atoms with Crippen LogP contribution in [0.3, 0.4) is 0 Å². The van der Waals surface area contributed by atoms with E-state index in [0.717, 1.165) is 12.5 Å². The van der Waals surface area contributed by atoms with Crippen LogP contribution in [0.15, 0.2) is 54.6 Å². The quantitative estimate of drug-likeness (QED) is 0.877. The maximum atomic E-state index is 11.6. The molecule has 0 atom stereocenters. The highest BCUT2D eigenvalue weighted by atomic mass is 16.1. The predicted molar refractivity (Wildman–Crippen MR) is 98.1 cm³/mol. The molecule has 3 heteroatoms. The van der Waals surface area contributed by atoms with E-state index in [-0.39, 0.29) is 5.91 Å². The third-order valence-electron chi connectivity index (χ3n) is 5.04. The van der Waals surface area contributed by atoms with Crippen LogP contribution < -0.4 is 10.6 Å². The van der Waals surface area contributed by atoms with Crippen molar-refractivity contribution in [2.24, 2.45) is 0 Å². The molecule has 0 aliphatic heterocycles. The Labute approximate surface area is 144 Å². The van der Waals surface area contributed by atoms with Gasteiger partial charge < -0.3 is 10.6 Å². The second kappa shape index (κ2) is 8.11. The van der Waals surface area contributed by atoms with Crippen molar-refractivity contribution in [1.82, 2.24) is 10.6 Å². The summed E-state index contributed by atoms with van der Waals surface area (Å²) in [5, 5.41) is 6.32. The monoisotopic (exact) mass is 322 g/mol. The van der Waals surface area contributed by atoms with Gasteiger partial charge in [-0.1, -0.05) is 42.5 Å². The lowest BCUT2D eigenvalue weighted by molar-refractivity contribution is 0.0963. The Hall–Kier alpha value is -2.13. The Morgan fingerprint density at radius 2 is 1.62 bits per heavy atom. The molecule has 1 fully saturated rings. The van der Waals surface area contributed by atoms with Crippen LogP contribution in [0.1, 0.15) is 53.1 Å². The zero-order chi connectivity index (χ0) is 16.8. The number of rotatable bonds is 5. The Kier molecular flexibility index (Phi) is 5.65. The van der Waals surface area contributed by atoms with Crippen LogP contribution in [-0.2, 0) is 6.54 Å². The zero-order valence-electron chi connectivity index (χ0n) is 14.3. The van der Waals surface area contributed by atoms with Crippen LogP contribution in [0, 0.1) is 0 Å². The van der Waals surface area contributed by atoms with E-state index < -0.39 is 0 Å². The molecule has 3 nitrogen and oxygen atoms in total. The molecule has 1 amide bonds. The Balaban J connectivity index is 1.46. The van der Waals surface area contributed by atoms with Crippen molar-refractivity contribution in [3.8, 4) is 0 Å². The standard InChI is InChI=1S/C21H26N2O/c1-22-21(24)19-9-7-16(8-10-19)15-23-20-13-11-18(12-14-20)17-5-3-2-4-6-17/h2-10,18,20,23H,11-15H2,1H3,(H,22,24). The third-order valence-corrected chi connectivity index (χ3v) is 5.04. The summed E-state index contributed by atoms with van der Waals surface area (Å²) in [6, 6.07) is 19.3. The van der Waals surface area contributed by atoms with E-state index in [1.54, 1.807) is 7.05 Å². The van der Waals surface area contributed by atoms with Crippen molar-refractivity contribution >= 4 is 5.91 Å². The summed E-state index contributed by atoms with van der Waals surface area (Å²) < 4.78 is 0. The number of hydrogen-bond acceptors (Lipinski definition) is 2. The molecule has 2 aromatic carbocycles. The third kappa shape index (κ3) is 4.24. The largest absolute Gasteiger partial charge is 0.355 e. The summed E-state index contributed by atoms with van der Waals surface area (Å²) >= 11 is 0. The van der Waals surface area contributed by atoms with Crippen LogP contribution >= 0.6 is 0 Å². The van der Waals surface area contributed by atoms with Gasteiger partial charge in [0, 0.05) is 25.2 Å². The highest BCUT2D eigenvalue weighted by molar-refractivity contribution is 5.93. The van der Waals surface area contributed by atoms with E-state index in [0.29, 0.717) is 11.6 Å². The van der Waals surface area contributed by atoms with Crippen molar-refractivity contribution in [2.75, 3.05) is 7.05 Å². The molecule has 0 heterocycles. The summed E-state index contributed by atoms with van der Waals surface area (Å²) in [6.45, 7) is 0.870. The SMILES string of the molecule is CNC(=O)c1ccc(CNC2CCC(c3ccccc3)CC2)cc1. The van der Waals surface area contributed by atoms with E-state index in [9.17, 15) is 4.79 Å². The van der Waals surface area contributed by atoms with E-state index in [4.69, 9.17) is 0 Å². The first kappa shape index (κ1) is 16.7. The normalized spacial score (nSPS) is 20.5. The summed E-state index contributed by atoms with van der Waals surface area (Å²) in [4.78, 5) is 11.6. The van der Waals surface area contributed by atoms with Gasteiger partial charge in [0.1, 0.15) is 0 Å². The average Bonchev–Trinajstić information content (AvgIpc) is 2.67. The summed E-state index contributed by atoms with van der Waals surface area (Å²) in [5.74, 6) is 0.685. The molecular weight excluding hydrogens is 296 g/mol.